The monoisotopic (exact) mass is 270 g/mol. The van der Waals surface area contributed by atoms with Crippen molar-refractivity contribution in [2.24, 2.45) is 0 Å². The summed E-state index contributed by atoms with van der Waals surface area (Å²) in [5, 5.41) is 41.8. The van der Waals surface area contributed by atoms with Gasteiger partial charge in [0.15, 0.2) is 0 Å². The summed E-state index contributed by atoms with van der Waals surface area (Å²) in [5.41, 5.74) is 0. The van der Waals surface area contributed by atoms with Gasteiger partial charge in [0.1, 0.15) is 0 Å². The number of hydrogen-bond donors (Lipinski definition) is 6. The second-order valence-corrected chi connectivity index (χ2v) is 0.848. The quantitative estimate of drug-likeness (QED) is 0.339. The molecule has 14 heavy (non-hydrogen) atoms. The largest absolute Gasteiger partial charge is 2.00 e. The Balaban J connectivity index is -0.00000000827. The molecule has 0 aliphatic heterocycles. The Morgan fingerprint density at radius 2 is 0.571 bits per heavy atom. The molecule has 9 nitrogen and oxygen atoms in total. The molecular formula is C3H10Ca2O9. The molecule has 0 unspecified atom stereocenters. The Labute approximate surface area is 143 Å². The molecule has 0 aromatic heterocycles. The van der Waals surface area contributed by atoms with Gasteiger partial charge in [-0.1, -0.05) is 0 Å². The summed E-state index contributed by atoms with van der Waals surface area (Å²) in [5.74, 6) is 0. The molecule has 0 rings (SSSR count). The van der Waals surface area contributed by atoms with Crippen LogP contribution in [0.15, 0.2) is 0 Å². The van der Waals surface area contributed by atoms with E-state index in [9.17, 15) is 0 Å². The summed E-state index contributed by atoms with van der Waals surface area (Å²) < 4.78 is 0. The minimum Gasteiger partial charge on any atom is -1.00 e. The fourth-order valence-electron chi connectivity index (χ4n) is 0. The number of carboxylic acid groups (broad SMARTS) is 6. The number of hydrogen-bond acceptors (Lipinski definition) is 3. The van der Waals surface area contributed by atoms with Crippen molar-refractivity contribution in [1.29, 1.82) is 0 Å². The first-order valence-electron chi connectivity index (χ1n) is 1.95. The van der Waals surface area contributed by atoms with Crippen LogP contribution in [0.2, 0.25) is 0 Å². The van der Waals surface area contributed by atoms with E-state index in [-0.39, 0.29) is 81.2 Å². The van der Waals surface area contributed by atoms with Gasteiger partial charge in [-0.25, -0.2) is 14.4 Å². The smallest absolute Gasteiger partial charge is 1.00 e. The second kappa shape index (κ2) is 23.3. The topological polar surface area (TPSA) is 173 Å². The maximum Gasteiger partial charge on any atom is 2.00 e. The first-order valence-corrected chi connectivity index (χ1v) is 1.95. The Morgan fingerprint density at radius 3 is 0.571 bits per heavy atom. The Morgan fingerprint density at radius 1 is 0.571 bits per heavy atom. The van der Waals surface area contributed by atoms with Crippen molar-refractivity contribution in [2.45, 2.75) is 0 Å². The van der Waals surface area contributed by atoms with E-state index in [4.69, 9.17) is 45.0 Å². The van der Waals surface area contributed by atoms with Crippen molar-refractivity contribution in [3.63, 3.8) is 0 Å². The van der Waals surface area contributed by atoms with Gasteiger partial charge < -0.3 is 36.3 Å². The maximum absolute atomic E-state index is 8.56. The molecule has 0 heterocycles. The van der Waals surface area contributed by atoms with E-state index >= 15 is 0 Å². The van der Waals surface area contributed by atoms with Crippen LogP contribution in [0.5, 0.6) is 0 Å². The third kappa shape index (κ3) is 14600. The molecule has 0 aromatic carbocycles. The number of carbonyl (C=O) groups is 3. The molecule has 0 aliphatic carbocycles. The van der Waals surface area contributed by atoms with Crippen LogP contribution in [0, 0.1) is 0 Å². The normalized spacial score (nSPS) is 5.14. The van der Waals surface area contributed by atoms with Gasteiger partial charge in [0.2, 0.25) is 0 Å². The summed E-state index contributed by atoms with van der Waals surface area (Å²) >= 11 is 0. The molecule has 0 aliphatic rings. The van der Waals surface area contributed by atoms with Crippen LogP contribution in [-0.4, -0.2) is 125 Å². The zero-order valence-electron chi connectivity index (χ0n) is 10.8. The molecule has 0 aromatic rings. The van der Waals surface area contributed by atoms with Gasteiger partial charge in [-0.3, -0.25) is 0 Å². The van der Waals surface area contributed by atoms with Crippen LogP contribution in [0.3, 0.4) is 0 Å². The van der Waals surface area contributed by atoms with E-state index < -0.39 is 18.5 Å². The van der Waals surface area contributed by atoms with Gasteiger partial charge >= 0.3 is 93.9 Å². The van der Waals surface area contributed by atoms with Gasteiger partial charge in [-0.2, -0.15) is 0 Å². The molecule has 0 saturated heterocycles. The van der Waals surface area contributed by atoms with Crippen LogP contribution >= 0.6 is 0 Å². The Bertz CT molecular complexity index is 129. The van der Waals surface area contributed by atoms with E-state index in [0.717, 1.165) is 0 Å². The van der Waals surface area contributed by atoms with Gasteiger partial charge in [0.25, 0.3) is 0 Å². The minimum absolute atomic E-state index is 0. The molecule has 0 bridgehead atoms. The van der Waals surface area contributed by atoms with Crippen molar-refractivity contribution >= 4 is 93.9 Å². The molecule has 0 saturated carbocycles. The van der Waals surface area contributed by atoms with Gasteiger partial charge in [0.05, 0.1) is 0 Å². The molecule has 0 spiro atoms. The molecular weight excluding hydrogens is 260 g/mol. The molecule has 11 heteroatoms. The SMILES string of the molecule is O=C(O)O.O=C(O)O.O=C(O)O.[Ca+2].[Ca+2].[H-].[H-].[H-].[H-]. The molecule has 0 atom stereocenters. The zero-order chi connectivity index (χ0) is 10.7. The molecule has 0 amide bonds. The zero-order valence-corrected chi connectivity index (χ0v) is 11.2. The van der Waals surface area contributed by atoms with Crippen LogP contribution in [0.1, 0.15) is 5.71 Å². The van der Waals surface area contributed by atoms with Crippen molar-refractivity contribution in [3.8, 4) is 0 Å². The van der Waals surface area contributed by atoms with E-state index in [1.165, 1.54) is 0 Å². The summed E-state index contributed by atoms with van der Waals surface area (Å²) in [7, 11) is 0. The molecule has 80 valence electrons. The fourth-order valence-corrected chi connectivity index (χ4v) is 0. The number of rotatable bonds is 0. The summed E-state index contributed by atoms with van der Waals surface area (Å²) in [4.78, 5) is 25.7. The van der Waals surface area contributed by atoms with E-state index in [1.54, 1.807) is 0 Å². The Kier molecular flexibility index (Phi) is 48.6. The molecule has 0 radical (unpaired) electrons. The van der Waals surface area contributed by atoms with Crippen molar-refractivity contribution in [2.75, 3.05) is 0 Å². The average molecular weight is 270 g/mol. The Hall–Kier alpha value is 0.329. The first-order chi connectivity index (χ1) is 5.20. The molecule has 0 fully saturated rings. The van der Waals surface area contributed by atoms with E-state index in [0.29, 0.717) is 0 Å². The van der Waals surface area contributed by atoms with Crippen LogP contribution in [0.4, 0.5) is 14.4 Å². The van der Waals surface area contributed by atoms with Crippen molar-refractivity contribution < 1.29 is 50.7 Å². The van der Waals surface area contributed by atoms with E-state index in [1.807, 2.05) is 0 Å². The minimum atomic E-state index is -1.83. The maximum atomic E-state index is 8.56. The van der Waals surface area contributed by atoms with Gasteiger partial charge in [-0.05, 0) is 0 Å². The average Bonchev–Trinajstić information content (AvgIpc) is 1.54. The van der Waals surface area contributed by atoms with Crippen LogP contribution in [0.25, 0.3) is 0 Å². The predicted molar refractivity (Wildman–Crippen MR) is 47.9 cm³/mol. The molecule has 6 N–H and O–H groups in total. The summed E-state index contributed by atoms with van der Waals surface area (Å²) in [6.07, 6.45) is -5.50. The second-order valence-electron chi connectivity index (χ2n) is 0.848. The van der Waals surface area contributed by atoms with Crippen LogP contribution in [-0.2, 0) is 0 Å². The fraction of sp³-hybridized carbons (Fsp3) is 0. The third-order valence-electron chi connectivity index (χ3n) is 0. The summed E-state index contributed by atoms with van der Waals surface area (Å²) in [6.45, 7) is 0. The van der Waals surface area contributed by atoms with Crippen molar-refractivity contribution in [3.05, 3.63) is 0 Å². The standard InChI is InChI=1S/3CH2O3.2Ca.4H/c3*2-1(3)4;;;;;;/h3*(H2,2,3,4);;;;;;/q;;;2*+2;4*-1. The van der Waals surface area contributed by atoms with Crippen LogP contribution < -0.4 is 0 Å². The van der Waals surface area contributed by atoms with Gasteiger partial charge in [0, 0.05) is 0 Å². The van der Waals surface area contributed by atoms with E-state index in [2.05, 4.69) is 0 Å². The van der Waals surface area contributed by atoms with Crippen molar-refractivity contribution in [1.82, 2.24) is 0 Å². The third-order valence-corrected chi connectivity index (χ3v) is 0. The predicted octanol–water partition coefficient (Wildman–Crippen LogP) is 0.356. The first kappa shape index (κ1) is 29.3. The summed E-state index contributed by atoms with van der Waals surface area (Å²) in [6, 6.07) is 0. The van der Waals surface area contributed by atoms with Gasteiger partial charge in [-0.15, -0.1) is 0 Å².